The molecule has 0 fully saturated rings. The highest BCUT2D eigenvalue weighted by atomic mass is 79.9. The van der Waals surface area contributed by atoms with Crippen molar-refractivity contribution >= 4 is 26.4 Å². The van der Waals surface area contributed by atoms with Crippen molar-refractivity contribution in [3.63, 3.8) is 0 Å². The monoisotopic (exact) mass is 263 g/mol. The Kier molecular flexibility index (Phi) is 8.41. The quantitative estimate of drug-likeness (QED) is 0.481. The zero-order valence-corrected chi connectivity index (χ0v) is 11.3. The third-order valence-corrected chi connectivity index (χ3v) is 3.89. The van der Waals surface area contributed by atoms with E-state index in [9.17, 15) is 0 Å². The van der Waals surface area contributed by atoms with Crippen LogP contribution >= 0.6 is 15.9 Å². The minimum Gasteiger partial charge on any atom is -0.412 e. The Balaban J connectivity index is 3.97. The maximum absolute atomic E-state index is 5.45. The van der Waals surface area contributed by atoms with E-state index in [1.807, 2.05) is 0 Å². The SMILES string of the molecule is CCCCC(CBr)(CCCC)O[Si]. The highest BCUT2D eigenvalue weighted by Crippen LogP contribution is 2.27. The van der Waals surface area contributed by atoms with Gasteiger partial charge in [0.25, 0.3) is 0 Å². The van der Waals surface area contributed by atoms with Crippen LogP contribution in [0.4, 0.5) is 0 Å². The Morgan fingerprint density at radius 2 is 1.62 bits per heavy atom. The standard InChI is InChI=1S/C10H20BrOSi/c1-3-5-7-10(9-11,12-13)8-6-4-2/h3-9H2,1-2H3. The molecule has 77 valence electrons. The summed E-state index contributed by atoms with van der Waals surface area (Å²) in [5.41, 5.74) is 0.0168. The van der Waals surface area contributed by atoms with Gasteiger partial charge in [0.2, 0.25) is 10.5 Å². The molecule has 0 bridgehead atoms. The van der Waals surface area contributed by atoms with Crippen molar-refractivity contribution in [1.82, 2.24) is 0 Å². The molecule has 0 heterocycles. The van der Waals surface area contributed by atoms with E-state index in [1.165, 1.54) is 25.7 Å². The average Bonchev–Trinajstić information content (AvgIpc) is 2.20. The first-order chi connectivity index (χ1) is 6.24. The molecule has 0 aromatic rings. The largest absolute Gasteiger partial charge is 0.412 e. The Morgan fingerprint density at radius 3 is 1.85 bits per heavy atom. The molecule has 0 amide bonds. The van der Waals surface area contributed by atoms with Crippen molar-refractivity contribution in [2.24, 2.45) is 0 Å². The molecule has 1 nitrogen and oxygen atoms in total. The summed E-state index contributed by atoms with van der Waals surface area (Å²) < 4.78 is 5.45. The summed E-state index contributed by atoms with van der Waals surface area (Å²) in [6.07, 6.45) is 7.21. The van der Waals surface area contributed by atoms with Gasteiger partial charge in [0, 0.05) is 5.33 Å². The molecule has 0 spiro atoms. The molecular weight excluding hydrogens is 244 g/mol. The van der Waals surface area contributed by atoms with Gasteiger partial charge >= 0.3 is 0 Å². The van der Waals surface area contributed by atoms with Crippen molar-refractivity contribution in [1.29, 1.82) is 0 Å². The van der Waals surface area contributed by atoms with Crippen LogP contribution in [0.5, 0.6) is 0 Å². The summed E-state index contributed by atoms with van der Waals surface area (Å²) in [6.45, 7) is 4.43. The highest BCUT2D eigenvalue weighted by Gasteiger charge is 2.26. The lowest BCUT2D eigenvalue weighted by atomic mass is 9.93. The lowest BCUT2D eigenvalue weighted by Crippen LogP contribution is -2.33. The third kappa shape index (κ3) is 5.18. The topological polar surface area (TPSA) is 9.23 Å². The summed E-state index contributed by atoms with van der Waals surface area (Å²) in [5, 5.41) is 0.920. The van der Waals surface area contributed by atoms with E-state index in [1.54, 1.807) is 0 Å². The third-order valence-electron chi connectivity index (χ3n) is 2.43. The molecule has 13 heavy (non-hydrogen) atoms. The highest BCUT2D eigenvalue weighted by molar-refractivity contribution is 9.09. The summed E-state index contributed by atoms with van der Waals surface area (Å²) in [7, 11) is 3.21. The van der Waals surface area contributed by atoms with Crippen LogP contribution in [0.25, 0.3) is 0 Å². The molecule has 0 aromatic heterocycles. The van der Waals surface area contributed by atoms with Gasteiger partial charge in [-0.05, 0) is 12.8 Å². The van der Waals surface area contributed by atoms with Crippen LogP contribution in [0.1, 0.15) is 52.4 Å². The van der Waals surface area contributed by atoms with E-state index in [4.69, 9.17) is 4.43 Å². The first-order valence-corrected chi connectivity index (χ1v) is 6.68. The minimum atomic E-state index is 0.0168. The van der Waals surface area contributed by atoms with Crippen LogP contribution in [0.2, 0.25) is 0 Å². The van der Waals surface area contributed by atoms with E-state index in [0.29, 0.717) is 0 Å². The number of rotatable bonds is 8. The van der Waals surface area contributed by atoms with E-state index in [0.717, 1.165) is 18.2 Å². The Hall–Kier alpha value is 0.657. The van der Waals surface area contributed by atoms with Crippen LogP contribution in [-0.4, -0.2) is 21.4 Å². The predicted molar refractivity (Wildman–Crippen MR) is 62.4 cm³/mol. The molecule has 0 unspecified atom stereocenters. The number of unbranched alkanes of at least 4 members (excludes halogenated alkanes) is 2. The van der Waals surface area contributed by atoms with E-state index < -0.39 is 0 Å². The molecule has 0 saturated carbocycles. The van der Waals surface area contributed by atoms with E-state index in [-0.39, 0.29) is 5.60 Å². The molecule has 3 heteroatoms. The zero-order chi connectivity index (χ0) is 10.2. The van der Waals surface area contributed by atoms with Crippen LogP contribution in [0.3, 0.4) is 0 Å². The average molecular weight is 264 g/mol. The summed E-state index contributed by atoms with van der Waals surface area (Å²) in [6, 6.07) is 0. The van der Waals surface area contributed by atoms with Gasteiger partial charge in [-0.3, -0.25) is 0 Å². The molecule has 0 aromatic carbocycles. The van der Waals surface area contributed by atoms with Crippen molar-refractivity contribution < 1.29 is 4.43 Å². The Labute approximate surface area is 94.3 Å². The smallest absolute Gasteiger partial charge is 0.247 e. The molecule has 0 atom stereocenters. The Bertz CT molecular complexity index is 105. The number of hydrogen-bond acceptors (Lipinski definition) is 1. The van der Waals surface area contributed by atoms with Gasteiger partial charge in [-0.15, -0.1) is 0 Å². The van der Waals surface area contributed by atoms with Gasteiger partial charge in [-0.1, -0.05) is 55.5 Å². The fourth-order valence-electron chi connectivity index (χ4n) is 1.39. The summed E-state index contributed by atoms with van der Waals surface area (Å²) in [5.74, 6) is 0. The van der Waals surface area contributed by atoms with E-state index >= 15 is 0 Å². The van der Waals surface area contributed by atoms with Gasteiger partial charge in [-0.2, -0.15) is 0 Å². The van der Waals surface area contributed by atoms with Crippen molar-refractivity contribution in [3.05, 3.63) is 0 Å². The molecule has 0 saturated heterocycles. The fraction of sp³-hybridized carbons (Fsp3) is 1.00. The molecule has 3 radical (unpaired) electrons. The number of alkyl halides is 1. The van der Waals surface area contributed by atoms with Crippen LogP contribution in [0, 0.1) is 0 Å². The Morgan fingerprint density at radius 1 is 1.15 bits per heavy atom. The number of hydrogen-bond donors (Lipinski definition) is 0. The second-order valence-electron chi connectivity index (χ2n) is 3.63. The number of halogens is 1. The predicted octanol–water partition coefficient (Wildman–Crippen LogP) is 3.60. The maximum atomic E-state index is 5.45. The second-order valence-corrected chi connectivity index (χ2v) is 4.39. The maximum Gasteiger partial charge on any atom is 0.247 e. The lowest BCUT2D eigenvalue weighted by Gasteiger charge is -2.31. The summed E-state index contributed by atoms with van der Waals surface area (Å²) in [4.78, 5) is 0. The second kappa shape index (κ2) is 8.01. The van der Waals surface area contributed by atoms with E-state index in [2.05, 4.69) is 40.3 Å². The van der Waals surface area contributed by atoms with Gasteiger partial charge < -0.3 is 4.43 Å². The van der Waals surface area contributed by atoms with Crippen LogP contribution in [-0.2, 0) is 4.43 Å². The summed E-state index contributed by atoms with van der Waals surface area (Å²) >= 11 is 3.54. The van der Waals surface area contributed by atoms with Gasteiger partial charge in [0.15, 0.2) is 0 Å². The van der Waals surface area contributed by atoms with Crippen molar-refractivity contribution in [2.75, 3.05) is 5.33 Å². The molecule has 0 aliphatic heterocycles. The molecule has 0 aliphatic carbocycles. The molecular formula is C10H20BrOSi. The fourth-order valence-corrected chi connectivity index (χ4v) is 2.55. The molecule has 0 rings (SSSR count). The van der Waals surface area contributed by atoms with Crippen LogP contribution < -0.4 is 0 Å². The zero-order valence-electron chi connectivity index (χ0n) is 8.74. The minimum absolute atomic E-state index is 0.0168. The van der Waals surface area contributed by atoms with Gasteiger partial charge in [0.05, 0.1) is 5.60 Å². The molecule has 0 N–H and O–H groups in total. The van der Waals surface area contributed by atoms with Gasteiger partial charge in [0.1, 0.15) is 0 Å². The lowest BCUT2D eigenvalue weighted by molar-refractivity contribution is 0.0822. The van der Waals surface area contributed by atoms with Crippen molar-refractivity contribution in [2.45, 2.75) is 58.0 Å². The van der Waals surface area contributed by atoms with Crippen molar-refractivity contribution in [3.8, 4) is 0 Å². The normalized spacial score (nSPS) is 12.0. The molecule has 0 aliphatic rings. The first-order valence-electron chi connectivity index (χ1n) is 5.15. The van der Waals surface area contributed by atoms with Gasteiger partial charge in [-0.25, -0.2) is 0 Å². The first kappa shape index (κ1) is 13.7. The van der Waals surface area contributed by atoms with Crippen LogP contribution in [0.15, 0.2) is 0 Å².